The molecule has 5 rings (SSSR count). The van der Waals surface area contributed by atoms with Gasteiger partial charge < -0.3 is 23.9 Å². The van der Waals surface area contributed by atoms with E-state index in [9.17, 15) is 9.59 Å². The van der Waals surface area contributed by atoms with Crippen LogP contribution < -0.4 is 25.0 Å². The molecular formula is C29H23NO6. The van der Waals surface area contributed by atoms with Crippen molar-refractivity contribution in [2.75, 3.05) is 18.5 Å². The average Bonchev–Trinajstić information content (AvgIpc) is 2.90. The normalized spacial score (nSPS) is 10.8. The minimum absolute atomic E-state index is 0.0844. The summed E-state index contributed by atoms with van der Waals surface area (Å²) in [6, 6.07) is 25.4. The van der Waals surface area contributed by atoms with Gasteiger partial charge >= 0.3 is 0 Å². The first-order valence-electron chi connectivity index (χ1n) is 11.5. The summed E-state index contributed by atoms with van der Waals surface area (Å²) in [7, 11) is 0. The van der Waals surface area contributed by atoms with E-state index >= 15 is 0 Å². The number of carbonyl (C=O) groups excluding carboxylic acids is 1. The fourth-order valence-corrected chi connectivity index (χ4v) is 3.76. The number of hydrogen-bond acceptors (Lipinski definition) is 6. The van der Waals surface area contributed by atoms with Gasteiger partial charge in [0, 0.05) is 11.8 Å². The summed E-state index contributed by atoms with van der Waals surface area (Å²) in [4.78, 5) is 25.2. The highest BCUT2D eigenvalue weighted by atomic mass is 16.5. The second kappa shape index (κ2) is 10.2. The third-order valence-corrected chi connectivity index (χ3v) is 5.48. The second-order valence-corrected chi connectivity index (χ2v) is 7.99. The van der Waals surface area contributed by atoms with Gasteiger partial charge in [-0.25, -0.2) is 0 Å². The number of amides is 1. The van der Waals surface area contributed by atoms with Crippen molar-refractivity contribution in [2.45, 2.75) is 6.92 Å². The third kappa shape index (κ3) is 5.15. The Morgan fingerprint density at radius 3 is 2.39 bits per heavy atom. The van der Waals surface area contributed by atoms with Gasteiger partial charge in [-0.05, 0) is 66.2 Å². The highest BCUT2D eigenvalue weighted by molar-refractivity contribution is 5.92. The Morgan fingerprint density at radius 2 is 1.58 bits per heavy atom. The van der Waals surface area contributed by atoms with Crippen LogP contribution in [0.1, 0.15) is 6.92 Å². The number of anilines is 1. The van der Waals surface area contributed by atoms with Crippen LogP contribution in [0.5, 0.6) is 23.0 Å². The molecule has 0 radical (unpaired) electrons. The zero-order valence-electron chi connectivity index (χ0n) is 19.5. The van der Waals surface area contributed by atoms with E-state index in [0.717, 1.165) is 16.5 Å². The molecule has 0 bridgehead atoms. The van der Waals surface area contributed by atoms with Gasteiger partial charge in [0.1, 0.15) is 29.1 Å². The predicted molar refractivity (Wildman–Crippen MR) is 138 cm³/mol. The van der Waals surface area contributed by atoms with Gasteiger partial charge in [-0.1, -0.05) is 30.3 Å². The number of carbonyl (C=O) groups is 1. The highest BCUT2D eigenvalue weighted by Crippen LogP contribution is 2.26. The summed E-state index contributed by atoms with van der Waals surface area (Å²) in [5.74, 6) is 1.44. The molecule has 0 unspecified atom stereocenters. The monoisotopic (exact) mass is 481 g/mol. The minimum atomic E-state index is -0.320. The molecule has 0 saturated heterocycles. The van der Waals surface area contributed by atoms with E-state index in [1.54, 1.807) is 48.5 Å². The van der Waals surface area contributed by atoms with Crippen molar-refractivity contribution in [3.63, 3.8) is 0 Å². The van der Waals surface area contributed by atoms with Crippen molar-refractivity contribution >= 4 is 33.3 Å². The molecule has 0 spiro atoms. The van der Waals surface area contributed by atoms with E-state index in [1.165, 1.54) is 6.26 Å². The molecule has 1 heterocycles. The Balaban J connectivity index is 1.25. The largest absolute Gasteiger partial charge is 0.494 e. The van der Waals surface area contributed by atoms with E-state index in [4.69, 9.17) is 18.6 Å². The first-order chi connectivity index (χ1) is 17.6. The summed E-state index contributed by atoms with van der Waals surface area (Å²) >= 11 is 0. The van der Waals surface area contributed by atoms with E-state index in [-0.39, 0.29) is 23.7 Å². The maximum Gasteiger partial charge on any atom is 0.262 e. The molecule has 1 aromatic heterocycles. The number of fused-ring (bicyclic) bond motifs is 2. The smallest absolute Gasteiger partial charge is 0.262 e. The molecule has 0 aliphatic rings. The molecule has 0 saturated carbocycles. The average molecular weight is 482 g/mol. The van der Waals surface area contributed by atoms with Crippen molar-refractivity contribution in [2.24, 2.45) is 0 Å². The lowest BCUT2D eigenvalue weighted by molar-refractivity contribution is -0.118. The van der Waals surface area contributed by atoms with Gasteiger partial charge in [0.2, 0.25) is 11.2 Å². The van der Waals surface area contributed by atoms with Gasteiger partial charge in [-0.2, -0.15) is 0 Å². The van der Waals surface area contributed by atoms with E-state index in [1.807, 2.05) is 43.3 Å². The number of ether oxygens (including phenoxy) is 3. The van der Waals surface area contributed by atoms with Crippen molar-refractivity contribution < 1.29 is 23.4 Å². The molecule has 7 nitrogen and oxygen atoms in total. The standard InChI is InChI=1S/C29H23NO6/c1-2-33-22-11-8-21(9-12-22)30-28(31)18-34-23-13-14-25-26(16-23)35-17-27(29(25)32)36-24-10-7-19-5-3-4-6-20(19)15-24/h3-17H,2,18H2,1H3,(H,30,31). The van der Waals surface area contributed by atoms with Crippen LogP contribution in [-0.4, -0.2) is 19.1 Å². The summed E-state index contributed by atoms with van der Waals surface area (Å²) < 4.78 is 22.4. The predicted octanol–water partition coefficient (Wildman–Crippen LogP) is 6.15. The lowest BCUT2D eigenvalue weighted by atomic mass is 10.1. The van der Waals surface area contributed by atoms with Crippen LogP contribution in [0.3, 0.4) is 0 Å². The highest BCUT2D eigenvalue weighted by Gasteiger charge is 2.12. The van der Waals surface area contributed by atoms with Crippen LogP contribution in [0, 0.1) is 0 Å². The van der Waals surface area contributed by atoms with Crippen LogP contribution in [0.2, 0.25) is 0 Å². The molecule has 36 heavy (non-hydrogen) atoms. The quantitative estimate of drug-likeness (QED) is 0.286. The Labute approximate surface area is 206 Å². The molecular weight excluding hydrogens is 458 g/mol. The molecule has 180 valence electrons. The molecule has 5 aromatic rings. The van der Waals surface area contributed by atoms with Crippen molar-refractivity contribution in [1.29, 1.82) is 0 Å². The van der Waals surface area contributed by atoms with Crippen LogP contribution in [-0.2, 0) is 4.79 Å². The van der Waals surface area contributed by atoms with Gasteiger partial charge in [-0.15, -0.1) is 0 Å². The fourth-order valence-electron chi connectivity index (χ4n) is 3.76. The van der Waals surface area contributed by atoms with Gasteiger partial charge in [-0.3, -0.25) is 9.59 Å². The summed E-state index contributed by atoms with van der Waals surface area (Å²) in [6.07, 6.45) is 1.28. The van der Waals surface area contributed by atoms with Gasteiger partial charge in [0.25, 0.3) is 5.91 Å². The number of nitrogens with one attached hydrogen (secondary N) is 1. The van der Waals surface area contributed by atoms with E-state index in [0.29, 0.717) is 34.8 Å². The summed E-state index contributed by atoms with van der Waals surface area (Å²) in [5, 5.41) is 5.19. The molecule has 1 amide bonds. The van der Waals surface area contributed by atoms with Crippen molar-refractivity contribution in [3.05, 3.63) is 101 Å². The van der Waals surface area contributed by atoms with Crippen LogP contribution in [0.25, 0.3) is 21.7 Å². The van der Waals surface area contributed by atoms with E-state index in [2.05, 4.69) is 5.32 Å². The first-order valence-corrected chi connectivity index (χ1v) is 11.5. The lowest BCUT2D eigenvalue weighted by Crippen LogP contribution is -2.20. The Morgan fingerprint density at radius 1 is 0.833 bits per heavy atom. The van der Waals surface area contributed by atoms with Crippen molar-refractivity contribution in [3.8, 4) is 23.0 Å². The molecule has 1 N–H and O–H groups in total. The maximum atomic E-state index is 12.9. The molecule has 7 heteroatoms. The number of rotatable bonds is 8. The van der Waals surface area contributed by atoms with Crippen LogP contribution in [0.15, 0.2) is 100 Å². The van der Waals surface area contributed by atoms with Crippen LogP contribution in [0.4, 0.5) is 5.69 Å². The maximum absolute atomic E-state index is 12.9. The number of hydrogen-bond donors (Lipinski definition) is 1. The van der Waals surface area contributed by atoms with E-state index < -0.39 is 0 Å². The zero-order chi connectivity index (χ0) is 24.9. The first kappa shape index (κ1) is 23.0. The molecule has 0 aliphatic heterocycles. The van der Waals surface area contributed by atoms with Gasteiger partial charge in [0.15, 0.2) is 6.61 Å². The Kier molecular flexibility index (Phi) is 6.53. The summed E-state index contributed by atoms with van der Waals surface area (Å²) in [5.41, 5.74) is 0.662. The summed E-state index contributed by atoms with van der Waals surface area (Å²) in [6.45, 7) is 2.28. The molecule has 0 fully saturated rings. The fraction of sp³-hybridized carbons (Fsp3) is 0.103. The second-order valence-electron chi connectivity index (χ2n) is 7.99. The third-order valence-electron chi connectivity index (χ3n) is 5.48. The zero-order valence-corrected chi connectivity index (χ0v) is 19.5. The minimum Gasteiger partial charge on any atom is -0.494 e. The topological polar surface area (TPSA) is 87.0 Å². The lowest BCUT2D eigenvalue weighted by Gasteiger charge is -2.10. The van der Waals surface area contributed by atoms with Gasteiger partial charge in [0.05, 0.1) is 12.0 Å². The molecule has 0 aliphatic carbocycles. The Hall–Kier alpha value is -4.78. The Bertz CT molecular complexity index is 1590. The molecule has 4 aromatic carbocycles. The number of benzene rings is 4. The molecule has 0 atom stereocenters. The van der Waals surface area contributed by atoms with Crippen LogP contribution >= 0.6 is 0 Å². The van der Waals surface area contributed by atoms with Crippen molar-refractivity contribution in [1.82, 2.24) is 0 Å². The SMILES string of the molecule is CCOc1ccc(NC(=O)COc2ccc3c(=O)c(Oc4ccc5ccccc5c4)coc3c2)cc1.